The molecule has 5 heteroatoms. The Labute approximate surface area is 142 Å². The van der Waals surface area contributed by atoms with E-state index in [9.17, 15) is 4.79 Å². The van der Waals surface area contributed by atoms with Gasteiger partial charge in [0.2, 0.25) is 5.91 Å². The van der Waals surface area contributed by atoms with E-state index in [1.807, 2.05) is 29.8 Å². The lowest BCUT2D eigenvalue weighted by Gasteiger charge is -2.12. The third-order valence-corrected chi connectivity index (χ3v) is 4.80. The topological polar surface area (TPSA) is 59.8 Å². The molecule has 1 amide bonds. The Bertz CT molecular complexity index is 799. The molecular weight excluding hydrogens is 300 g/mol. The number of imidazole rings is 1. The van der Waals surface area contributed by atoms with Gasteiger partial charge in [-0.25, -0.2) is 9.97 Å². The summed E-state index contributed by atoms with van der Waals surface area (Å²) in [7, 11) is 0. The van der Waals surface area contributed by atoms with Crippen molar-refractivity contribution < 1.29 is 4.79 Å². The fourth-order valence-electron chi connectivity index (χ4n) is 3.35. The van der Waals surface area contributed by atoms with Crippen LogP contribution in [-0.4, -0.2) is 20.4 Å². The Hall–Kier alpha value is -2.43. The van der Waals surface area contributed by atoms with Gasteiger partial charge >= 0.3 is 0 Å². The lowest BCUT2D eigenvalue weighted by atomic mass is 10.1. The molecule has 1 aliphatic carbocycles. The predicted octanol–water partition coefficient (Wildman–Crippen LogP) is 3.75. The zero-order valence-electron chi connectivity index (χ0n) is 14.9. The molecule has 0 aliphatic heterocycles. The maximum atomic E-state index is 12.8. The average molecular weight is 324 g/mol. The van der Waals surface area contributed by atoms with Crippen LogP contribution in [0.2, 0.25) is 0 Å². The fraction of sp³-hybridized carbons (Fsp3) is 0.421. The van der Waals surface area contributed by atoms with Crippen LogP contribution < -0.4 is 5.32 Å². The number of aryl methyl sites for hydroxylation is 1. The molecule has 0 spiro atoms. The van der Waals surface area contributed by atoms with Gasteiger partial charge in [0, 0.05) is 18.6 Å². The molecule has 1 aliphatic rings. The second kappa shape index (κ2) is 5.89. The van der Waals surface area contributed by atoms with Crippen molar-refractivity contribution in [2.45, 2.75) is 34.6 Å². The highest BCUT2D eigenvalue weighted by Crippen LogP contribution is 2.59. The minimum atomic E-state index is -0.00987. The maximum absolute atomic E-state index is 12.8. The summed E-state index contributed by atoms with van der Waals surface area (Å²) >= 11 is 0. The molecular formula is C19H24N4O. The van der Waals surface area contributed by atoms with Gasteiger partial charge in [0.1, 0.15) is 5.82 Å². The molecule has 3 rings (SSSR count). The second-order valence-corrected chi connectivity index (χ2v) is 7.28. The van der Waals surface area contributed by atoms with Gasteiger partial charge in [-0.2, -0.15) is 0 Å². The number of aromatic nitrogens is 3. The van der Waals surface area contributed by atoms with E-state index in [0.717, 1.165) is 5.82 Å². The van der Waals surface area contributed by atoms with E-state index in [2.05, 4.69) is 49.1 Å². The van der Waals surface area contributed by atoms with Crippen LogP contribution >= 0.6 is 0 Å². The smallest absolute Gasteiger partial charge is 0.228 e. The largest absolute Gasteiger partial charge is 0.323 e. The SMILES string of the molecule is CC(C)=CC1C(C(=O)Nc2cccnc2-n2ccnc2C)C1(C)C. The molecule has 5 nitrogen and oxygen atoms in total. The highest BCUT2D eigenvalue weighted by molar-refractivity contribution is 5.97. The van der Waals surface area contributed by atoms with Crippen LogP contribution in [0, 0.1) is 24.2 Å². The summed E-state index contributed by atoms with van der Waals surface area (Å²) < 4.78 is 1.88. The number of pyridine rings is 1. The number of nitrogens with one attached hydrogen (secondary N) is 1. The third kappa shape index (κ3) is 2.86. The molecule has 2 aromatic rings. The first-order valence-corrected chi connectivity index (χ1v) is 8.23. The zero-order chi connectivity index (χ0) is 17.5. The monoisotopic (exact) mass is 324 g/mol. The Morgan fingerprint density at radius 3 is 2.67 bits per heavy atom. The quantitative estimate of drug-likeness (QED) is 0.871. The van der Waals surface area contributed by atoms with E-state index in [1.165, 1.54) is 5.57 Å². The van der Waals surface area contributed by atoms with Gasteiger partial charge in [-0.05, 0) is 44.2 Å². The summed E-state index contributed by atoms with van der Waals surface area (Å²) in [5.74, 6) is 1.85. The third-order valence-electron chi connectivity index (χ3n) is 4.80. The van der Waals surface area contributed by atoms with Crippen molar-refractivity contribution in [3.05, 3.63) is 48.2 Å². The lowest BCUT2D eigenvalue weighted by molar-refractivity contribution is -0.118. The molecule has 0 bridgehead atoms. The number of hydrogen-bond acceptors (Lipinski definition) is 3. The van der Waals surface area contributed by atoms with E-state index < -0.39 is 0 Å². The van der Waals surface area contributed by atoms with Crippen molar-refractivity contribution >= 4 is 11.6 Å². The lowest BCUT2D eigenvalue weighted by Crippen LogP contribution is -2.18. The van der Waals surface area contributed by atoms with Crippen LogP contribution in [0.3, 0.4) is 0 Å². The molecule has 2 atom stereocenters. The summed E-state index contributed by atoms with van der Waals surface area (Å²) in [5, 5.41) is 3.07. The standard InChI is InChI=1S/C19H24N4O/c1-12(2)11-14-16(19(14,4)5)18(24)22-15-7-6-8-21-17(15)23-10-9-20-13(23)3/h6-11,14,16H,1-5H3,(H,22,24). The zero-order valence-corrected chi connectivity index (χ0v) is 14.9. The number of rotatable bonds is 4. The second-order valence-electron chi connectivity index (χ2n) is 7.28. The number of nitrogens with zero attached hydrogens (tertiary/aromatic N) is 3. The number of amides is 1. The molecule has 1 fully saturated rings. The van der Waals surface area contributed by atoms with Crippen molar-refractivity contribution in [2.24, 2.45) is 17.3 Å². The number of hydrogen-bond donors (Lipinski definition) is 1. The van der Waals surface area contributed by atoms with Gasteiger partial charge in [-0.1, -0.05) is 25.5 Å². The van der Waals surface area contributed by atoms with Crippen molar-refractivity contribution in [1.29, 1.82) is 0 Å². The molecule has 126 valence electrons. The van der Waals surface area contributed by atoms with Crippen molar-refractivity contribution in [3.63, 3.8) is 0 Å². The first-order valence-electron chi connectivity index (χ1n) is 8.23. The van der Waals surface area contributed by atoms with E-state index in [-0.39, 0.29) is 23.2 Å². The van der Waals surface area contributed by atoms with Crippen LogP contribution in [0.15, 0.2) is 42.4 Å². The molecule has 0 radical (unpaired) electrons. The van der Waals surface area contributed by atoms with E-state index in [4.69, 9.17) is 0 Å². The Balaban J connectivity index is 1.84. The first kappa shape index (κ1) is 16.4. The number of allylic oxidation sites excluding steroid dienone is 2. The van der Waals surface area contributed by atoms with Crippen molar-refractivity contribution in [1.82, 2.24) is 14.5 Å². The minimum absolute atomic E-state index is 0.00531. The molecule has 0 saturated heterocycles. The van der Waals surface area contributed by atoms with Crippen molar-refractivity contribution in [3.8, 4) is 5.82 Å². The summed E-state index contributed by atoms with van der Waals surface area (Å²) in [6.07, 6.45) is 7.50. The summed E-state index contributed by atoms with van der Waals surface area (Å²) in [5.41, 5.74) is 1.95. The molecule has 0 aromatic carbocycles. The molecule has 2 unspecified atom stereocenters. The van der Waals surface area contributed by atoms with Crippen LogP contribution in [0.5, 0.6) is 0 Å². The summed E-state index contributed by atoms with van der Waals surface area (Å²) in [6.45, 7) is 10.3. The van der Waals surface area contributed by atoms with Gasteiger partial charge in [-0.3, -0.25) is 9.36 Å². The van der Waals surface area contributed by atoms with Gasteiger partial charge < -0.3 is 5.32 Å². The Morgan fingerprint density at radius 1 is 1.29 bits per heavy atom. The summed E-state index contributed by atoms with van der Waals surface area (Å²) in [4.78, 5) is 21.4. The first-order chi connectivity index (χ1) is 11.3. The Morgan fingerprint density at radius 2 is 2.04 bits per heavy atom. The minimum Gasteiger partial charge on any atom is -0.323 e. The van der Waals surface area contributed by atoms with Crippen LogP contribution in [-0.2, 0) is 4.79 Å². The number of carbonyl (C=O) groups excluding carboxylic acids is 1. The van der Waals surface area contributed by atoms with Gasteiger partial charge in [-0.15, -0.1) is 0 Å². The normalized spacial score (nSPS) is 21.2. The highest BCUT2D eigenvalue weighted by Gasteiger charge is 2.60. The Kier molecular flexibility index (Phi) is 4.03. The van der Waals surface area contributed by atoms with E-state index >= 15 is 0 Å². The van der Waals surface area contributed by atoms with E-state index in [0.29, 0.717) is 11.5 Å². The van der Waals surface area contributed by atoms with Gasteiger partial charge in [0.05, 0.1) is 11.6 Å². The van der Waals surface area contributed by atoms with Crippen molar-refractivity contribution in [2.75, 3.05) is 5.32 Å². The highest BCUT2D eigenvalue weighted by atomic mass is 16.2. The molecule has 1 saturated carbocycles. The molecule has 1 N–H and O–H groups in total. The van der Waals surface area contributed by atoms with Gasteiger partial charge in [0.15, 0.2) is 5.82 Å². The maximum Gasteiger partial charge on any atom is 0.228 e. The molecule has 24 heavy (non-hydrogen) atoms. The van der Waals surface area contributed by atoms with Crippen LogP contribution in [0.25, 0.3) is 5.82 Å². The fourth-order valence-corrected chi connectivity index (χ4v) is 3.35. The van der Waals surface area contributed by atoms with Crippen LogP contribution in [0.4, 0.5) is 5.69 Å². The predicted molar refractivity (Wildman–Crippen MR) is 94.9 cm³/mol. The number of carbonyl (C=O) groups is 1. The molecule has 2 aromatic heterocycles. The average Bonchev–Trinajstić information content (AvgIpc) is 2.83. The molecule has 2 heterocycles. The van der Waals surface area contributed by atoms with Gasteiger partial charge in [0.25, 0.3) is 0 Å². The summed E-state index contributed by atoms with van der Waals surface area (Å²) in [6, 6.07) is 3.71. The van der Waals surface area contributed by atoms with Crippen LogP contribution in [0.1, 0.15) is 33.5 Å². The number of anilines is 1. The van der Waals surface area contributed by atoms with E-state index in [1.54, 1.807) is 12.4 Å².